The Balaban J connectivity index is 2.79. The van der Waals surface area contributed by atoms with Crippen molar-refractivity contribution < 1.29 is 9.59 Å². The summed E-state index contributed by atoms with van der Waals surface area (Å²) in [4.78, 5) is 26.4. The maximum Gasteiger partial charge on any atom is 0.237 e. The largest absolute Gasteiger partial charge is 0.345 e. The van der Waals surface area contributed by atoms with Gasteiger partial charge in [-0.1, -0.05) is 43.7 Å². The summed E-state index contributed by atoms with van der Waals surface area (Å²) in [6.45, 7) is 7.75. The normalized spacial score (nSPS) is 13.9. The van der Waals surface area contributed by atoms with Crippen LogP contribution in [-0.2, 0) is 16.0 Å². The summed E-state index contributed by atoms with van der Waals surface area (Å²) in [5.41, 5.74) is 2.24. The highest BCUT2D eigenvalue weighted by molar-refractivity contribution is 5.89. The van der Waals surface area contributed by atoms with Crippen molar-refractivity contribution in [2.45, 2.75) is 52.6 Å². The lowest BCUT2D eigenvalue weighted by Crippen LogP contribution is -2.50. The van der Waals surface area contributed by atoms with Gasteiger partial charge in [0.05, 0.1) is 12.1 Å². The zero-order chi connectivity index (χ0) is 17.6. The van der Waals surface area contributed by atoms with E-state index in [1.54, 1.807) is 0 Å². The van der Waals surface area contributed by atoms with Crippen LogP contribution in [0.15, 0.2) is 24.3 Å². The fourth-order valence-corrected chi connectivity index (χ4v) is 2.52. The van der Waals surface area contributed by atoms with Crippen molar-refractivity contribution in [1.29, 1.82) is 0 Å². The van der Waals surface area contributed by atoms with Crippen molar-refractivity contribution in [3.63, 3.8) is 0 Å². The predicted octanol–water partition coefficient (Wildman–Crippen LogP) is 2.59. The minimum absolute atomic E-state index is 0.0130. The molecule has 0 aliphatic rings. The van der Waals surface area contributed by atoms with Gasteiger partial charge in [0.25, 0.3) is 0 Å². The summed E-state index contributed by atoms with van der Waals surface area (Å²) in [6, 6.07) is 7.38. The Bertz CT molecular complexity index is 521. The van der Waals surface area contributed by atoms with E-state index in [0.29, 0.717) is 12.3 Å². The zero-order valence-corrected chi connectivity index (χ0v) is 15.2. The van der Waals surface area contributed by atoms with Crippen LogP contribution in [0, 0.1) is 12.8 Å². The number of carbonyl (C=O) groups is 2. The maximum absolute atomic E-state index is 12.6. The van der Waals surface area contributed by atoms with Crippen LogP contribution in [0.1, 0.15) is 38.3 Å². The molecule has 128 valence electrons. The minimum Gasteiger partial charge on any atom is -0.345 e. The molecule has 4 nitrogen and oxygen atoms in total. The molecule has 1 rings (SSSR count). The molecule has 0 saturated carbocycles. The Morgan fingerprint density at radius 1 is 1.13 bits per heavy atom. The van der Waals surface area contributed by atoms with Gasteiger partial charge in [0, 0.05) is 0 Å². The van der Waals surface area contributed by atoms with E-state index in [1.165, 1.54) is 12.5 Å². The van der Waals surface area contributed by atoms with Crippen LogP contribution in [-0.4, -0.2) is 42.8 Å². The van der Waals surface area contributed by atoms with Crippen molar-refractivity contribution in [2.24, 2.45) is 5.92 Å². The van der Waals surface area contributed by atoms with Gasteiger partial charge in [-0.3, -0.25) is 14.5 Å². The third-order valence-corrected chi connectivity index (χ3v) is 3.99. The number of amides is 1. The SMILES string of the molecule is CC(=O)C(Cc1ccc(C)cc1)NC(=O)[C@H](CC(C)C)N(C)C. The van der Waals surface area contributed by atoms with Crippen molar-refractivity contribution in [3.05, 3.63) is 35.4 Å². The average Bonchev–Trinajstić information content (AvgIpc) is 2.45. The lowest BCUT2D eigenvalue weighted by molar-refractivity contribution is -0.130. The predicted molar refractivity (Wildman–Crippen MR) is 94.4 cm³/mol. The van der Waals surface area contributed by atoms with E-state index in [9.17, 15) is 9.59 Å². The van der Waals surface area contributed by atoms with E-state index in [1.807, 2.05) is 50.2 Å². The Kier molecular flexibility index (Phi) is 7.43. The molecule has 1 amide bonds. The van der Waals surface area contributed by atoms with Gasteiger partial charge in [0.2, 0.25) is 5.91 Å². The first-order valence-electron chi connectivity index (χ1n) is 8.23. The summed E-state index contributed by atoms with van der Waals surface area (Å²) in [6.07, 6.45) is 1.30. The molecule has 0 spiro atoms. The molecule has 23 heavy (non-hydrogen) atoms. The molecule has 1 N–H and O–H groups in total. The number of hydrogen-bond donors (Lipinski definition) is 1. The Morgan fingerprint density at radius 2 is 1.70 bits per heavy atom. The molecule has 0 saturated heterocycles. The first-order chi connectivity index (χ1) is 10.7. The van der Waals surface area contributed by atoms with Crippen LogP contribution < -0.4 is 5.32 Å². The summed E-state index contributed by atoms with van der Waals surface area (Å²) in [5.74, 6) is 0.331. The van der Waals surface area contributed by atoms with E-state index in [4.69, 9.17) is 0 Å². The second-order valence-electron chi connectivity index (χ2n) is 6.97. The summed E-state index contributed by atoms with van der Waals surface area (Å²) < 4.78 is 0. The standard InChI is InChI=1S/C19H30N2O2/c1-13(2)11-18(21(5)6)19(23)20-17(15(4)22)12-16-9-7-14(3)8-10-16/h7-10,13,17-18H,11-12H2,1-6H3,(H,20,23)/t17?,18-/m0/s1. The van der Waals surface area contributed by atoms with Gasteiger partial charge in [-0.05, 0) is 52.3 Å². The van der Waals surface area contributed by atoms with Crippen LogP contribution >= 0.6 is 0 Å². The van der Waals surface area contributed by atoms with Gasteiger partial charge >= 0.3 is 0 Å². The van der Waals surface area contributed by atoms with E-state index in [0.717, 1.165) is 12.0 Å². The molecule has 0 bridgehead atoms. The molecular formula is C19H30N2O2. The third kappa shape index (κ3) is 6.53. The molecule has 2 atom stereocenters. The van der Waals surface area contributed by atoms with Gasteiger partial charge in [0.15, 0.2) is 5.78 Å². The smallest absolute Gasteiger partial charge is 0.237 e. The number of benzene rings is 1. The highest BCUT2D eigenvalue weighted by atomic mass is 16.2. The lowest BCUT2D eigenvalue weighted by atomic mass is 9.99. The monoisotopic (exact) mass is 318 g/mol. The maximum atomic E-state index is 12.6. The minimum atomic E-state index is -0.472. The van der Waals surface area contributed by atoms with Gasteiger partial charge in [-0.15, -0.1) is 0 Å². The van der Waals surface area contributed by atoms with Crippen LogP contribution in [0.4, 0.5) is 0 Å². The molecule has 1 aromatic carbocycles. The van der Waals surface area contributed by atoms with E-state index in [-0.39, 0.29) is 17.7 Å². The number of hydrogen-bond acceptors (Lipinski definition) is 3. The highest BCUT2D eigenvalue weighted by Gasteiger charge is 2.26. The zero-order valence-electron chi connectivity index (χ0n) is 15.2. The number of Topliss-reactive ketones (excluding diaryl/α,β-unsaturated/α-hetero) is 1. The Hall–Kier alpha value is -1.68. The Labute approximate surface area is 140 Å². The first kappa shape index (κ1) is 19.4. The van der Waals surface area contributed by atoms with Crippen LogP contribution in [0.2, 0.25) is 0 Å². The highest BCUT2D eigenvalue weighted by Crippen LogP contribution is 2.11. The molecule has 1 aromatic rings. The quantitative estimate of drug-likeness (QED) is 0.801. The van der Waals surface area contributed by atoms with Crippen molar-refractivity contribution in [3.8, 4) is 0 Å². The molecule has 0 fully saturated rings. The topological polar surface area (TPSA) is 49.4 Å². The van der Waals surface area contributed by atoms with Crippen molar-refractivity contribution in [2.75, 3.05) is 14.1 Å². The second-order valence-corrected chi connectivity index (χ2v) is 6.97. The summed E-state index contributed by atoms with van der Waals surface area (Å²) in [5, 5.41) is 2.94. The molecule has 0 aromatic heterocycles. The van der Waals surface area contributed by atoms with Gasteiger partial charge < -0.3 is 5.32 Å². The number of nitrogens with one attached hydrogen (secondary N) is 1. The van der Waals surface area contributed by atoms with Gasteiger partial charge in [0.1, 0.15) is 0 Å². The number of likely N-dealkylation sites (N-methyl/N-ethyl adjacent to an activating group) is 1. The van der Waals surface area contributed by atoms with E-state index < -0.39 is 6.04 Å². The number of carbonyl (C=O) groups excluding carboxylic acids is 2. The van der Waals surface area contributed by atoms with Crippen LogP contribution in [0.5, 0.6) is 0 Å². The average molecular weight is 318 g/mol. The number of aryl methyl sites for hydroxylation is 1. The molecule has 0 radical (unpaired) electrons. The van der Waals surface area contributed by atoms with Crippen LogP contribution in [0.25, 0.3) is 0 Å². The number of rotatable bonds is 8. The fraction of sp³-hybridized carbons (Fsp3) is 0.579. The summed E-state index contributed by atoms with van der Waals surface area (Å²) >= 11 is 0. The molecule has 0 heterocycles. The van der Waals surface area contributed by atoms with Crippen LogP contribution in [0.3, 0.4) is 0 Å². The van der Waals surface area contributed by atoms with E-state index >= 15 is 0 Å². The lowest BCUT2D eigenvalue weighted by Gasteiger charge is -2.27. The third-order valence-electron chi connectivity index (χ3n) is 3.99. The van der Waals surface area contributed by atoms with E-state index in [2.05, 4.69) is 19.2 Å². The Morgan fingerprint density at radius 3 is 2.13 bits per heavy atom. The number of ketones is 1. The molecular weight excluding hydrogens is 288 g/mol. The molecule has 0 aliphatic heterocycles. The van der Waals surface area contributed by atoms with Gasteiger partial charge in [-0.2, -0.15) is 0 Å². The molecule has 0 aliphatic carbocycles. The van der Waals surface area contributed by atoms with Gasteiger partial charge in [-0.25, -0.2) is 0 Å². The second kappa shape index (κ2) is 8.82. The number of nitrogens with zero attached hydrogens (tertiary/aromatic N) is 1. The molecule has 4 heteroatoms. The van der Waals surface area contributed by atoms with Crippen molar-refractivity contribution in [1.82, 2.24) is 10.2 Å². The summed E-state index contributed by atoms with van der Waals surface area (Å²) in [7, 11) is 3.80. The first-order valence-corrected chi connectivity index (χ1v) is 8.23. The van der Waals surface area contributed by atoms with Crippen molar-refractivity contribution >= 4 is 11.7 Å². The fourth-order valence-electron chi connectivity index (χ4n) is 2.52. The molecule has 1 unspecified atom stereocenters.